The van der Waals surface area contributed by atoms with E-state index in [-0.39, 0.29) is 30.1 Å². The molecule has 0 bridgehead atoms. The summed E-state index contributed by atoms with van der Waals surface area (Å²) in [5.74, 6) is -0.389. The summed E-state index contributed by atoms with van der Waals surface area (Å²) in [7, 11) is 0. The normalized spacial score (nSPS) is 11.8. The van der Waals surface area contributed by atoms with Gasteiger partial charge in [0.2, 0.25) is 11.8 Å². The van der Waals surface area contributed by atoms with Gasteiger partial charge >= 0.3 is 0 Å². The molecule has 0 unspecified atom stereocenters. The van der Waals surface area contributed by atoms with Crippen LogP contribution in [0.3, 0.4) is 0 Å². The third-order valence-electron chi connectivity index (χ3n) is 3.90. The molecule has 0 saturated heterocycles. The summed E-state index contributed by atoms with van der Waals surface area (Å²) >= 11 is 0. The van der Waals surface area contributed by atoms with Crippen molar-refractivity contribution >= 4 is 17.6 Å². The molecule has 152 valence electrons. The molecule has 0 rings (SSSR count). The summed E-state index contributed by atoms with van der Waals surface area (Å²) in [4.78, 5) is 34.0. The number of Topliss-reactive ketones (excluding diaryl/α,β-unsaturated/α-hetero) is 1. The molecule has 1 atom stereocenters. The highest BCUT2D eigenvalue weighted by molar-refractivity contribution is 5.81. The summed E-state index contributed by atoms with van der Waals surface area (Å²) in [5, 5.41) is 14.3. The zero-order chi connectivity index (χ0) is 19.6. The lowest BCUT2D eigenvalue weighted by molar-refractivity contribution is -0.127. The first kappa shape index (κ1) is 24.5. The number of rotatable bonds is 17. The number of nitrogens with one attached hydrogen (secondary N) is 2. The van der Waals surface area contributed by atoms with Crippen molar-refractivity contribution in [3.63, 3.8) is 0 Å². The smallest absolute Gasteiger partial charge is 0.245 e. The van der Waals surface area contributed by atoms with E-state index < -0.39 is 6.61 Å². The lowest BCUT2D eigenvalue weighted by Crippen LogP contribution is -2.29. The number of amides is 2. The van der Waals surface area contributed by atoms with Gasteiger partial charge in [0.15, 0.2) is 5.78 Å². The highest BCUT2D eigenvalue weighted by atomic mass is 16.5. The molecule has 0 aromatic heterocycles. The molecule has 8 heteroatoms. The van der Waals surface area contributed by atoms with E-state index in [2.05, 4.69) is 10.6 Å². The van der Waals surface area contributed by atoms with Crippen molar-refractivity contribution < 1.29 is 29.0 Å². The van der Waals surface area contributed by atoms with E-state index in [4.69, 9.17) is 14.6 Å². The Morgan fingerprint density at radius 2 is 1.62 bits per heavy atom. The monoisotopic (exact) mass is 374 g/mol. The number of ether oxygens (including phenoxy) is 2. The molecule has 26 heavy (non-hydrogen) atoms. The van der Waals surface area contributed by atoms with Crippen LogP contribution >= 0.6 is 0 Å². The van der Waals surface area contributed by atoms with Gasteiger partial charge in [0, 0.05) is 25.4 Å². The maximum Gasteiger partial charge on any atom is 0.245 e. The summed E-state index contributed by atoms with van der Waals surface area (Å²) < 4.78 is 10.5. The average Bonchev–Trinajstić information content (AvgIpc) is 2.65. The molecule has 0 fully saturated rings. The Bertz CT molecular complexity index is 403. The number of carbonyl (C=O) groups is 3. The number of aliphatic hydroxyl groups is 1. The summed E-state index contributed by atoms with van der Waals surface area (Å²) in [6.07, 6.45) is 3.53. The number of aliphatic hydroxyl groups excluding tert-OH is 1. The Labute approximate surface area is 156 Å². The predicted octanol–water partition coefficient (Wildman–Crippen LogP) is 0.420. The van der Waals surface area contributed by atoms with Crippen molar-refractivity contribution in [2.24, 2.45) is 5.92 Å². The Kier molecular flexibility index (Phi) is 15.9. The topological polar surface area (TPSA) is 114 Å². The highest BCUT2D eigenvalue weighted by Crippen LogP contribution is 2.13. The Balaban J connectivity index is 3.44. The first-order chi connectivity index (χ1) is 12.5. The van der Waals surface area contributed by atoms with Gasteiger partial charge in [-0.3, -0.25) is 14.4 Å². The summed E-state index contributed by atoms with van der Waals surface area (Å²) in [6.45, 7) is 5.41. The molecular weight excluding hydrogens is 340 g/mol. The van der Waals surface area contributed by atoms with Crippen molar-refractivity contribution in [2.75, 3.05) is 46.1 Å². The molecule has 0 aromatic carbocycles. The molecule has 0 spiro atoms. The summed E-state index contributed by atoms with van der Waals surface area (Å²) in [6, 6.07) is 0. The van der Waals surface area contributed by atoms with E-state index in [1.165, 1.54) is 0 Å². The van der Waals surface area contributed by atoms with Crippen LogP contribution < -0.4 is 10.6 Å². The molecule has 3 N–H and O–H groups in total. The van der Waals surface area contributed by atoms with Crippen LogP contribution in [0.2, 0.25) is 0 Å². The first-order valence-corrected chi connectivity index (χ1v) is 9.37. The molecule has 0 aliphatic carbocycles. The second-order valence-electron chi connectivity index (χ2n) is 5.94. The minimum absolute atomic E-state index is 0.00766. The van der Waals surface area contributed by atoms with Crippen molar-refractivity contribution in [2.45, 2.75) is 46.0 Å². The fourth-order valence-corrected chi connectivity index (χ4v) is 2.29. The lowest BCUT2D eigenvalue weighted by Gasteiger charge is -2.12. The van der Waals surface area contributed by atoms with Crippen LogP contribution in [0.25, 0.3) is 0 Å². The van der Waals surface area contributed by atoms with Gasteiger partial charge in [0.1, 0.15) is 13.2 Å². The van der Waals surface area contributed by atoms with Crippen LogP contribution in [-0.2, 0) is 23.9 Å². The summed E-state index contributed by atoms with van der Waals surface area (Å²) in [5.41, 5.74) is 0. The third kappa shape index (κ3) is 13.7. The van der Waals surface area contributed by atoms with E-state index in [9.17, 15) is 14.4 Å². The van der Waals surface area contributed by atoms with Crippen molar-refractivity contribution in [3.05, 3.63) is 0 Å². The second kappa shape index (κ2) is 16.9. The molecule has 2 amide bonds. The largest absolute Gasteiger partial charge is 0.389 e. The Morgan fingerprint density at radius 1 is 0.923 bits per heavy atom. The fraction of sp³-hybridized carbons (Fsp3) is 0.833. The molecular formula is C18H34N2O6. The Hall–Kier alpha value is -1.51. The maximum absolute atomic E-state index is 11.6. The van der Waals surface area contributed by atoms with Crippen molar-refractivity contribution in [1.29, 1.82) is 0 Å². The van der Waals surface area contributed by atoms with Crippen LogP contribution in [0.1, 0.15) is 46.0 Å². The standard InChI is InChI=1S/C18H34N2O6/c1-3-15(16(22)13-21)7-5-6-8-19-18(24)14-26-12-11-25-10-9-20-17(23)4-2/h15,21H,3-14H2,1-2H3,(H,19,24)(H,20,23)/t15-/m0/s1. The van der Waals surface area contributed by atoms with Gasteiger partial charge in [-0.15, -0.1) is 0 Å². The van der Waals surface area contributed by atoms with E-state index in [1.54, 1.807) is 6.92 Å². The minimum atomic E-state index is -0.399. The average molecular weight is 374 g/mol. The number of ketones is 1. The highest BCUT2D eigenvalue weighted by Gasteiger charge is 2.14. The van der Waals surface area contributed by atoms with Crippen LogP contribution in [0, 0.1) is 5.92 Å². The molecule has 8 nitrogen and oxygen atoms in total. The van der Waals surface area contributed by atoms with Crippen LogP contribution in [-0.4, -0.2) is 68.8 Å². The van der Waals surface area contributed by atoms with Gasteiger partial charge in [-0.2, -0.15) is 0 Å². The van der Waals surface area contributed by atoms with Gasteiger partial charge in [0.25, 0.3) is 0 Å². The maximum atomic E-state index is 11.6. The van der Waals surface area contributed by atoms with Gasteiger partial charge in [0.05, 0.1) is 19.8 Å². The zero-order valence-electron chi connectivity index (χ0n) is 16.1. The van der Waals surface area contributed by atoms with Crippen LogP contribution in [0.15, 0.2) is 0 Å². The van der Waals surface area contributed by atoms with E-state index in [1.807, 2.05) is 6.92 Å². The number of carbonyl (C=O) groups excluding carboxylic acids is 3. The molecule has 0 saturated carbocycles. The molecule has 0 heterocycles. The quantitative estimate of drug-likeness (QED) is 0.318. The van der Waals surface area contributed by atoms with Crippen LogP contribution in [0.5, 0.6) is 0 Å². The van der Waals surface area contributed by atoms with E-state index >= 15 is 0 Å². The zero-order valence-corrected chi connectivity index (χ0v) is 16.1. The second-order valence-corrected chi connectivity index (χ2v) is 5.94. The molecule has 0 radical (unpaired) electrons. The molecule has 0 aromatic rings. The van der Waals surface area contributed by atoms with Crippen molar-refractivity contribution in [1.82, 2.24) is 10.6 Å². The van der Waals surface area contributed by atoms with Gasteiger partial charge < -0.3 is 25.2 Å². The first-order valence-electron chi connectivity index (χ1n) is 9.37. The molecule has 0 aliphatic heterocycles. The van der Waals surface area contributed by atoms with Crippen LogP contribution in [0.4, 0.5) is 0 Å². The number of hydrogen-bond acceptors (Lipinski definition) is 6. The third-order valence-corrected chi connectivity index (χ3v) is 3.90. The molecule has 0 aliphatic rings. The SMILES string of the molecule is CCC(=O)NCCOCCOCC(=O)NCCCC[C@H](CC)C(=O)CO. The number of unbranched alkanes of at least 4 members (excludes halogenated alkanes) is 1. The lowest BCUT2D eigenvalue weighted by atomic mass is 9.95. The fourth-order valence-electron chi connectivity index (χ4n) is 2.29. The van der Waals surface area contributed by atoms with Gasteiger partial charge in [-0.05, 0) is 19.3 Å². The predicted molar refractivity (Wildman–Crippen MR) is 97.7 cm³/mol. The van der Waals surface area contributed by atoms with Gasteiger partial charge in [-0.25, -0.2) is 0 Å². The van der Waals surface area contributed by atoms with Crippen molar-refractivity contribution in [3.8, 4) is 0 Å². The van der Waals surface area contributed by atoms with Gasteiger partial charge in [-0.1, -0.05) is 20.3 Å². The van der Waals surface area contributed by atoms with E-state index in [0.717, 1.165) is 25.7 Å². The Morgan fingerprint density at radius 3 is 2.27 bits per heavy atom. The van der Waals surface area contributed by atoms with E-state index in [0.29, 0.717) is 39.3 Å². The number of hydrogen-bond donors (Lipinski definition) is 3. The minimum Gasteiger partial charge on any atom is -0.389 e.